The molecule has 0 spiro atoms. The summed E-state index contributed by atoms with van der Waals surface area (Å²) in [5.74, 6) is 0.532. The van der Waals surface area contributed by atoms with Gasteiger partial charge in [0.15, 0.2) is 11.5 Å². The van der Waals surface area contributed by atoms with Crippen molar-refractivity contribution in [1.82, 2.24) is 9.61 Å². The highest BCUT2D eigenvalue weighted by Crippen LogP contribution is 2.33. The summed E-state index contributed by atoms with van der Waals surface area (Å²) in [5, 5.41) is 35.3. The molecule has 2 aromatic heterocycles. The van der Waals surface area contributed by atoms with E-state index in [1.807, 2.05) is 12.1 Å². The smallest absolute Gasteiger partial charge is 0.337 e. The Hall–Kier alpha value is -4.55. The van der Waals surface area contributed by atoms with Gasteiger partial charge in [-0.2, -0.15) is 10.4 Å². The maximum absolute atomic E-state index is 11.5. The molecule has 9 heteroatoms. The molecule has 166 valence electrons. The fourth-order valence-electron chi connectivity index (χ4n) is 3.40. The van der Waals surface area contributed by atoms with Crippen LogP contribution in [0.4, 0.5) is 11.4 Å². The maximum atomic E-state index is 11.5. The van der Waals surface area contributed by atoms with Crippen molar-refractivity contribution in [2.24, 2.45) is 0 Å². The van der Waals surface area contributed by atoms with Crippen LogP contribution in [-0.2, 0) is 0 Å². The molecule has 0 aliphatic carbocycles. The Kier molecular flexibility index (Phi) is 6.11. The first-order chi connectivity index (χ1) is 16.0. The van der Waals surface area contributed by atoms with Crippen LogP contribution in [0, 0.1) is 18.3 Å². The lowest BCUT2D eigenvalue weighted by Crippen LogP contribution is -2.02. The Labute approximate surface area is 189 Å². The second kappa shape index (κ2) is 9.30. The molecular formula is C24H20N4O5. The molecule has 0 bridgehead atoms. The van der Waals surface area contributed by atoms with Gasteiger partial charge in [-0.3, -0.25) is 0 Å². The van der Waals surface area contributed by atoms with E-state index in [4.69, 9.17) is 14.6 Å². The molecular weight excluding hydrogens is 424 g/mol. The number of anilines is 2. The highest BCUT2D eigenvalue weighted by atomic mass is 16.5. The van der Waals surface area contributed by atoms with E-state index in [1.165, 1.54) is 16.9 Å². The molecule has 2 aromatic carbocycles. The van der Waals surface area contributed by atoms with Crippen molar-refractivity contribution >= 4 is 22.9 Å². The van der Waals surface area contributed by atoms with E-state index in [9.17, 15) is 15.2 Å². The van der Waals surface area contributed by atoms with Crippen molar-refractivity contribution < 1.29 is 24.5 Å². The number of hydrogen-bond donors (Lipinski definition) is 3. The zero-order valence-electron chi connectivity index (χ0n) is 17.6. The molecule has 0 amide bonds. The Balaban J connectivity index is 1.62. The van der Waals surface area contributed by atoms with Gasteiger partial charge in [0, 0.05) is 11.9 Å². The normalized spacial score (nSPS) is 10.6. The van der Waals surface area contributed by atoms with Gasteiger partial charge in [0.25, 0.3) is 0 Å². The molecule has 0 unspecified atom stereocenters. The summed E-state index contributed by atoms with van der Waals surface area (Å²) in [6.45, 7) is 1.74. The number of hydrogen-bond acceptors (Lipinski definition) is 7. The summed E-state index contributed by atoms with van der Waals surface area (Å²) >= 11 is 0. The number of carboxylic acid groups (broad SMARTS) is 1. The minimum atomic E-state index is -1.06. The molecule has 0 saturated carbocycles. The number of benzene rings is 2. The van der Waals surface area contributed by atoms with Gasteiger partial charge < -0.3 is 25.0 Å². The standard InChI is InChI=1S/C24H20N4O5/c1-15-19(24(30)31)14-28-23(15)22(16(12-25)13-26-28)27-17-6-8-18(9-7-17)33-21-5-3-2-4-20(21)32-11-10-29/h2-9,13-14,27,29H,10-11H2,1H3,(H,30,31). The van der Waals surface area contributed by atoms with Gasteiger partial charge >= 0.3 is 5.97 Å². The number of aromatic carboxylic acids is 1. The van der Waals surface area contributed by atoms with Crippen LogP contribution >= 0.6 is 0 Å². The van der Waals surface area contributed by atoms with Crippen LogP contribution in [0.1, 0.15) is 21.5 Å². The van der Waals surface area contributed by atoms with E-state index in [1.54, 1.807) is 43.3 Å². The lowest BCUT2D eigenvalue weighted by molar-refractivity contribution is 0.0696. The summed E-state index contributed by atoms with van der Waals surface area (Å²) in [7, 11) is 0. The fraction of sp³-hybridized carbons (Fsp3) is 0.125. The van der Waals surface area contributed by atoms with Gasteiger partial charge in [0.1, 0.15) is 18.4 Å². The minimum Gasteiger partial charge on any atom is -0.487 e. The quantitative estimate of drug-likeness (QED) is 0.370. The fourth-order valence-corrected chi connectivity index (χ4v) is 3.40. The van der Waals surface area contributed by atoms with E-state index in [0.717, 1.165) is 0 Å². The van der Waals surface area contributed by atoms with Crippen LogP contribution in [0.3, 0.4) is 0 Å². The molecule has 0 radical (unpaired) electrons. The average Bonchev–Trinajstić information content (AvgIpc) is 3.17. The monoisotopic (exact) mass is 444 g/mol. The molecule has 4 rings (SSSR count). The van der Waals surface area contributed by atoms with Crippen LogP contribution in [-0.4, -0.2) is 39.0 Å². The first-order valence-corrected chi connectivity index (χ1v) is 10.0. The number of fused-ring (bicyclic) bond motifs is 1. The Morgan fingerprint density at radius 2 is 1.91 bits per heavy atom. The highest BCUT2D eigenvalue weighted by Gasteiger charge is 2.19. The Morgan fingerprint density at radius 3 is 2.58 bits per heavy atom. The number of aliphatic hydroxyl groups excluding tert-OH is 1. The number of nitriles is 1. The summed E-state index contributed by atoms with van der Waals surface area (Å²) in [5.41, 5.74) is 2.57. The van der Waals surface area contributed by atoms with Gasteiger partial charge in [0.2, 0.25) is 0 Å². The summed E-state index contributed by atoms with van der Waals surface area (Å²) in [6, 6.07) is 16.3. The van der Waals surface area contributed by atoms with Gasteiger partial charge in [-0.15, -0.1) is 0 Å². The number of carboxylic acids is 1. The van der Waals surface area contributed by atoms with E-state index >= 15 is 0 Å². The SMILES string of the molecule is Cc1c(C(=O)O)cn2ncc(C#N)c(Nc3ccc(Oc4ccccc4OCCO)cc3)c12. The number of aliphatic hydroxyl groups is 1. The largest absolute Gasteiger partial charge is 0.487 e. The molecule has 3 N–H and O–H groups in total. The number of ether oxygens (including phenoxy) is 2. The third-order valence-corrected chi connectivity index (χ3v) is 4.96. The number of nitrogens with one attached hydrogen (secondary N) is 1. The first kappa shape index (κ1) is 21.7. The summed E-state index contributed by atoms with van der Waals surface area (Å²) < 4.78 is 12.8. The van der Waals surface area contributed by atoms with Gasteiger partial charge in [-0.25, -0.2) is 9.31 Å². The predicted molar refractivity (Wildman–Crippen MR) is 120 cm³/mol. The molecule has 33 heavy (non-hydrogen) atoms. The average molecular weight is 444 g/mol. The molecule has 0 atom stereocenters. The van der Waals surface area contributed by atoms with Gasteiger partial charge in [-0.05, 0) is 48.9 Å². The van der Waals surface area contributed by atoms with Crippen molar-refractivity contribution in [3.05, 3.63) is 77.6 Å². The minimum absolute atomic E-state index is 0.100. The molecule has 9 nitrogen and oxygen atoms in total. The van der Waals surface area contributed by atoms with E-state index < -0.39 is 5.97 Å². The number of nitrogens with zero attached hydrogens (tertiary/aromatic N) is 3. The highest BCUT2D eigenvalue weighted by molar-refractivity contribution is 5.96. The lowest BCUT2D eigenvalue weighted by atomic mass is 10.1. The zero-order valence-corrected chi connectivity index (χ0v) is 17.6. The molecule has 0 fully saturated rings. The topological polar surface area (TPSA) is 129 Å². The summed E-state index contributed by atoms with van der Waals surface area (Å²) in [6.07, 6.45) is 2.81. The number of rotatable bonds is 8. The van der Waals surface area contributed by atoms with Crippen LogP contribution in [0.2, 0.25) is 0 Å². The molecule has 4 aromatic rings. The van der Waals surface area contributed by atoms with Crippen LogP contribution in [0.5, 0.6) is 17.2 Å². The van der Waals surface area contributed by atoms with Crippen molar-refractivity contribution in [2.45, 2.75) is 6.92 Å². The zero-order chi connectivity index (χ0) is 23.4. The maximum Gasteiger partial charge on any atom is 0.337 e. The van der Waals surface area contributed by atoms with E-state index in [2.05, 4.69) is 16.5 Å². The van der Waals surface area contributed by atoms with Crippen molar-refractivity contribution in [1.29, 1.82) is 5.26 Å². The molecule has 0 aliphatic rings. The van der Waals surface area contributed by atoms with Gasteiger partial charge in [-0.1, -0.05) is 12.1 Å². The number of carbonyl (C=O) groups is 1. The number of aromatic nitrogens is 2. The van der Waals surface area contributed by atoms with Gasteiger partial charge in [0.05, 0.1) is 35.1 Å². The summed E-state index contributed by atoms with van der Waals surface area (Å²) in [4.78, 5) is 11.5. The molecule has 0 aliphatic heterocycles. The number of para-hydroxylation sites is 2. The Morgan fingerprint density at radius 1 is 1.18 bits per heavy atom. The first-order valence-electron chi connectivity index (χ1n) is 10.0. The number of aryl methyl sites for hydroxylation is 1. The van der Waals surface area contributed by atoms with Crippen LogP contribution < -0.4 is 14.8 Å². The second-order valence-corrected chi connectivity index (χ2v) is 7.08. The van der Waals surface area contributed by atoms with E-state index in [0.29, 0.717) is 39.7 Å². The molecule has 0 saturated heterocycles. The lowest BCUT2D eigenvalue weighted by Gasteiger charge is -2.13. The predicted octanol–water partition coefficient (Wildman–Crippen LogP) is 4.12. The van der Waals surface area contributed by atoms with E-state index in [-0.39, 0.29) is 24.3 Å². The van der Waals surface area contributed by atoms with Crippen LogP contribution in [0.15, 0.2) is 60.9 Å². The van der Waals surface area contributed by atoms with Crippen LogP contribution in [0.25, 0.3) is 5.52 Å². The Bertz CT molecular complexity index is 1360. The third kappa shape index (κ3) is 4.42. The second-order valence-electron chi connectivity index (χ2n) is 7.08. The van der Waals surface area contributed by atoms with Crippen molar-refractivity contribution in [2.75, 3.05) is 18.5 Å². The van der Waals surface area contributed by atoms with Crippen molar-refractivity contribution in [3.8, 4) is 23.3 Å². The third-order valence-electron chi connectivity index (χ3n) is 4.96. The molecule has 2 heterocycles. The van der Waals surface area contributed by atoms with Crippen molar-refractivity contribution in [3.63, 3.8) is 0 Å².